The number of fused-ring (bicyclic) bond motifs is 1. The monoisotopic (exact) mass is 556 g/mol. The Morgan fingerprint density at radius 1 is 0.950 bits per heavy atom. The molecule has 2 fully saturated rings. The highest BCUT2D eigenvalue weighted by atomic mass is 19.4. The summed E-state index contributed by atoms with van der Waals surface area (Å²) < 4.78 is 45.7. The lowest BCUT2D eigenvalue weighted by Gasteiger charge is -2.36. The molecule has 1 saturated heterocycles. The summed E-state index contributed by atoms with van der Waals surface area (Å²) >= 11 is 0. The van der Waals surface area contributed by atoms with Crippen LogP contribution in [0.15, 0.2) is 60.7 Å². The van der Waals surface area contributed by atoms with Crippen LogP contribution in [0, 0.1) is 10.1 Å². The van der Waals surface area contributed by atoms with Crippen molar-refractivity contribution in [3.8, 4) is 0 Å². The van der Waals surface area contributed by atoms with Crippen LogP contribution in [0.2, 0.25) is 0 Å². The number of nitrogens with zero attached hydrogens (tertiary/aromatic N) is 3. The fourth-order valence-corrected chi connectivity index (χ4v) is 5.49. The van der Waals surface area contributed by atoms with Gasteiger partial charge in [0.1, 0.15) is 12.2 Å². The third-order valence-electron chi connectivity index (χ3n) is 7.72. The maximum atomic E-state index is 13.3. The van der Waals surface area contributed by atoms with Gasteiger partial charge < -0.3 is 19.9 Å². The average Bonchev–Trinajstić information content (AvgIpc) is 2.96. The quantitative estimate of drug-likeness (QED) is 0.290. The van der Waals surface area contributed by atoms with Crippen LogP contribution in [0.25, 0.3) is 10.8 Å². The minimum atomic E-state index is -4.82. The first-order valence-electron chi connectivity index (χ1n) is 13.4. The molecule has 1 aliphatic heterocycles. The number of hydrogen-bond donors (Lipinski definition) is 1. The molecular weight excluding hydrogens is 525 g/mol. The first-order chi connectivity index (χ1) is 19.2. The Morgan fingerprint density at radius 3 is 2.33 bits per heavy atom. The lowest BCUT2D eigenvalue weighted by molar-refractivity contribution is -0.388. The predicted octanol–water partition coefficient (Wildman–Crippen LogP) is 5.86. The Hall–Kier alpha value is -3.86. The lowest BCUT2D eigenvalue weighted by atomic mass is 9.92. The number of hydrogen-bond acceptors (Lipinski definition) is 6. The summed E-state index contributed by atoms with van der Waals surface area (Å²) in [6.45, 7) is 2.76. The molecule has 212 valence electrons. The molecule has 1 aliphatic carbocycles. The fourth-order valence-electron chi connectivity index (χ4n) is 5.49. The van der Waals surface area contributed by atoms with E-state index in [-0.39, 0.29) is 30.3 Å². The summed E-state index contributed by atoms with van der Waals surface area (Å²) in [7, 11) is 0. The molecule has 5 rings (SSSR count). The molecule has 3 aromatic carbocycles. The number of nitrogens with one attached hydrogen (secondary N) is 1. The zero-order valence-electron chi connectivity index (χ0n) is 21.9. The van der Waals surface area contributed by atoms with Gasteiger partial charge in [-0.3, -0.25) is 14.9 Å². The maximum absolute atomic E-state index is 13.3. The number of rotatable bonds is 7. The Labute approximate surface area is 229 Å². The summed E-state index contributed by atoms with van der Waals surface area (Å²) in [4.78, 5) is 26.8. The van der Waals surface area contributed by atoms with Crippen LogP contribution in [-0.4, -0.2) is 60.7 Å². The van der Waals surface area contributed by atoms with Crippen molar-refractivity contribution in [1.29, 1.82) is 0 Å². The van der Waals surface area contributed by atoms with Gasteiger partial charge in [-0.15, -0.1) is 0 Å². The number of nitro benzene ring substituents is 1. The molecule has 40 heavy (non-hydrogen) atoms. The molecular formula is C29H31F3N4O4. The Morgan fingerprint density at radius 2 is 1.65 bits per heavy atom. The molecule has 2 aliphatic rings. The molecule has 0 bridgehead atoms. The molecule has 1 N–H and O–H groups in total. The summed E-state index contributed by atoms with van der Waals surface area (Å²) in [5.41, 5.74) is -0.887. The van der Waals surface area contributed by atoms with Crippen LogP contribution in [0.3, 0.4) is 0 Å². The van der Waals surface area contributed by atoms with Gasteiger partial charge >= 0.3 is 6.18 Å². The SMILES string of the molecule is O=C(CO[C@H]1CC[C@H](Nc2ccc([N+](=O)[O-])c(C(F)(F)F)c2)CC1)N1CCN(c2ccc3ccccc3c2)CC1. The minimum Gasteiger partial charge on any atom is -0.382 e. The molecule has 0 radical (unpaired) electrons. The van der Waals surface area contributed by atoms with E-state index in [0.29, 0.717) is 38.8 Å². The standard InChI is InChI=1S/C29H31F3N4O4/c30-29(31,32)26-18-23(8-12-27(26)36(38)39)33-22-6-10-25(11-7-22)40-19-28(37)35-15-13-34(14-16-35)24-9-5-20-3-1-2-4-21(20)17-24/h1-5,8-9,12,17-18,22,25,33H,6-7,10-11,13-16,19H2/t22-,25-. The number of alkyl halides is 3. The third kappa shape index (κ3) is 6.47. The van der Waals surface area contributed by atoms with Crippen molar-refractivity contribution in [2.45, 2.75) is 44.0 Å². The molecule has 3 aromatic rings. The number of piperazine rings is 1. The number of carbonyl (C=O) groups is 1. The van der Waals surface area contributed by atoms with Crippen molar-refractivity contribution in [1.82, 2.24) is 4.90 Å². The zero-order chi connectivity index (χ0) is 28.3. The molecule has 0 spiro atoms. The Kier molecular flexibility index (Phi) is 8.11. The van der Waals surface area contributed by atoms with Gasteiger partial charge in [-0.25, -0.2) is 0 Å². The largest absolute Gasteiger partial charge is 0.423 e. The first kappa shape index (κ1) is 27.7. The summed E-state index contributed by atoms with van der Waals surface area (Å²) in [5, 5.41) is 16.4. The molecule has 1 saturated carbocycles. The normalized spacial score (nSPS) is 20.0. The van der Waals surface area contributed by atoms with Crippen LogP contribution in [-0.2, 0) is 15.7 Å². The van der Waals surface area contributed by atoms with E-state index >= 15 is 0 Å². The van der Waals surface area contributed by atoms with E-state index in [1.165, 1.54) is 16.8 Å². The first-order valence-corrected chi connectivity index (χ1v) is 13.4. The third-order valence-corrected chi connectivity index (χ3v) is 7.72. The summed E-state index contributed by atoms with van der Waals surface area (Å²) in [6, 6.07) is 17.5. The van der Waals surface area contributed by atoms with E-state index in [9.17, 15) is 28.1 Å². The second-order valence-electron chi connectivity index (χ2n) is 10.3. The van der Waals surface area contributed by atoms with Crippen molar-refractivity contribution in [3.05, 3.63) is 76.3 Å². The average molecular weight is 557 g/mol. The molecule has 0 unspecified atom stereocenters. The maximum Gasteiger partial charge on any atom is 0.423 e. The molecule has 8 nitrogen and oxygen atoms in total. The van der Waals surface area contributed by atoms with E-state index in [2.05, 4.69) is 40.5 Å². The summed E-state index contributed by atoms with van der Waals surface area (Å²) in [5.74, 6) is -0.0380. The number of carbonyl (C=O) groups excluding carboxylic acids is 1. The summed E-state index contributed by atoms with van der Waals surface area (Å²) in [6.07, 6.45) is -2.27. The smallest absolute Gasteiger partial charge is 0.382 e. The van der Waals surface area contributed by atoms with Gasteiger partial charge in [-0.05, 0) is 60.7 Å². The van der Waals surface area contributed by atoms with Gasteiger partial charge in [0.2, 0.25) is 5.91 Å². The highest BCUT2D eigenvalue weighted by Crippen LogP contribution is 2.38. The molecule has 1 amide bonds. The van der Waals surface area contributed by atoms with Crippen LogP contribution in [0.5, 0.6) is 0 Å². The molecule has 11 heteroatoms. The van der Waals surface area contributed by atoms with Gasteiger partial charge in [-0.1, -0.05) is 30.3 Å². The van der Waals surface area contributed by atoms with Crippen LogP contribution >= 0.6 is 0 Å². The van der Waals surface area contributed by atoms with Gasteiger partial charge in [0.15, 0.2) is 0 Å². The van der Waals surface area contributed by atoms with Crippen molar-refractivity contribution in [2.24, 2.45) is 0 Å². The molecule has 0 atom stereocenters. The Balaban J connectivity index is 1.05. The lowest BCUT2D eigenvalue weighted by Crippen LogP contribution is -2.50. The van der Waals surface area contributed by atoms with Gasteiger partial charge in [0.25, 0.3) is 5.69 Å². The highest BCUT2D eigenvalue weighted by Gasteiger charge is 2.38. The Bertz CT molecular complexity index is 1370. The fraction of sp³-hybridized carbons (Fsp3) is 0.414. The van der Waals surface area contributed by atoms with Crippen molar-refractivity contribution < 1.29 is 27.6 Å². The van der Waals surface area contributed by atoms with Crippen LogP contribution in [0.4, 0.5) is 30.2 Å². The van der Waals surface area contributed by atoms with Gasteiger partial charge in [-0.2, -0.15) is 13.2 Å². The molecule has 1 heterocycles. The highest BCUT2D eigenvalue weighted by molar-refractivity contribution is 5.86. The number of nitro groups is 1. The van der Waals surface area contributed by atoms with E-state index in [1.807, 2.05) is 17.0 Å². The molecule has 0 aromatic heterocycles. The van der Waals surface area contributed by atoms with E-state index in [4.69, 9.17) is 4.74 Å². The topological polar surface area (TPSA) is 87.9 Å². The zero-order valence-corrected chi connectivity index (χ0v) is 21.9. The minimum absolute atomic E-state index is 0.00995. The second-order valence-corrected chi connectivity index (χ2v) is 10.3. The number of benzene rings is 3. The van der Waals surface area contributed by atoms with Gasteiger partial charge in [0.05, 0.1) is 11.0 Å². The van der Waals surface area contributed by atoms with E-state index in [1.54, 1.807) is 0 Å². The number of ether oxygens (including phenoxy) is 1. The number of amides is 1. The van der Waals surface area contributed by atoms with Crippen molar-refractivity contribution in [2.75, 3.05) is 43.0 Å². The predicted molar refractivity (Wildman–Crippen MR) is 146 cm³/mol. The van der Waals surface area contributed by atoms with Crippen LogP contribution in [0.1, 0.15) is 31.2 Å². The van der Waals surface area contributed by atoms with E-state index in [0.717, 1.165) is 30.9 Å². The van der Waals surface area contributed by atoms with Crippen LogP contribution < -0.4 is 10.2 Å². The van der Waals surface area contributed by atoms with Crippen molar-refractivity contribution in [3.63, 3.8) is 0 Å². The van der Waals surface area contributed by atoms with E-state index < -0.39 is 22.4 Å². The number of halogens is 3. The number of anilines is 2. The van der Waals surface area contributed by atoms with Gasteiger partial charge in [0, 0.05) is 49.7 Å². The second kappa shape index (κ2) is 11.7. The van der Waals surface area contributed by atoms with Crippen molar-refractivity contribution >= 4 is 33.7 Å².